The number of rotatable bonds is 2. The topological polar surface area (TPSA) is 49.3 Å². The van der Waals surface area contributed by atoms with Crippen LogP contribution >= 0.6 is 0 Å². The van der Waals surface area contributed by atoms with E-state index in [0.29, 0.717) is 0 Å². The highest BCUT2D eigenvalue weighted by atomic mass is 16.3. The first kappa shape index (κ1) is 8.27. The van der Waals surface area contributed by atoms with Crippen molar-refractivity contribution in [2.75, 3.05) is 6.73 Å². The first-order chi connectivity index (χ1) is 5.34. The van der Waals surface area contributed by atoms with Crippen LogP contribution < -0.4 is 5.32 Å². The zero-order chi connectivity index (χ0) is 8.10. The number of hydrogen-bond acceptors (Lipinski definition) is 2. The molecule has 0 fully saturated rings. The Morgan fingerprint density at radius 2 is 2.45 bits per heavy atom. The van der Waals surface area contributed by atoms with Crippen LogP contribution in [0.2, 0.25) is 0 Å². The largest absolute Gasteiger partial charge is 0.377 e. The average Bonchev–Trinajstić information content (AvgIpc) is 2.07. The monoisotopic (exact) mass is 155 g/mol. The highest BCUT2D eigenvalue weighted by molar-refractivity contribution is 5.78. The second-order valence-electron chi connectivity index (χ2n) is 2.68. The van der Waals surface area contributed by atoms with E-state index in [4.69, 9.17) is 5.11 Å². The fourth-order valence-electron chi connectivity index (χ4n) is 1.25. The molecule has 1 rings (SSSR count). The molecule has 2 N–H and O–H groups in total. The summed E-state index contributed by atoms with van der Waals surface area (Å²) in [5.74, 6) is 0.0454. The fourth-order valence-corrected chi connectivity index (χ4v) is 1.25. The maximum absolute atomic E-state index is 11.1. The lowest BCUT2D eigenvalue weighted by Gasteiger charge is -2.15. The molecule has 0 aromatic heterocycles. The van der Waals surface area contributed by atoms with Gasteiger partial charge in [0.2, 0.25) is 5.91 Å². The third-order valence-corrected chi connectivity index (χ3v) is 1.89. The predicted octanol–water partition coefficient (Wildman–Crippen LogP) is 0.409. The van der Waals surface area contributed by atoms with E-state index in [9.17, 15) is 4.79 Å². The lowest BCUT2D eigenvalue weighted by Crippen LogP contribution is -2.31. The lowest BCUT2D eigenvalue weighted by atomic mass is 9.94. The molecule has 1 aliphatic rings. The highest BCUT2D eigenvalue weighted by Crippen LogP contribution is 2.17. The van der Waals surface area contributed by atoms with Gasteiger partial charge in [-0.3, -0.25) is 4.79 Å². The van der Waals surface area contributed by atoms with Crippen LogP contribution in [0, 0.1) is 5.92 Å². The van der Waals surface area contributed by atoms with E-state index < -0.39 is 0 Å². The van der Waals surface area contributed by atoms with Gasteiger partial charge in [-0.25, -0.2) is 0 Å². The third kappa shape index (κ3) is 2.35. The van der Waals surface area contributed by atoms with Crippen molar-refractivity contribution in [3.8, 4) is 0 Å². The molecule has 0 spiro atoms. The van der Waals surface area contributed by atoms with Crippen molar-refractivity contribution in [2.24, 2.45) is 5.92 Å². The molecule has 62 valence electrons. The SMILES string of the molecule is O=C(NCO)C1CC=CCC1. The van der Waals surface area contributed by atoms with Gasteiger partial charge in [-0.1, -0.05) is 12.2 Å². The second kappa shape index (κ2) is 4.13. The van der Waals surface area contributed by atoms with Crippen LogP contribution in [0.5, 0.6) is 0 Å². The highest BCUT2D eigenvalue weighted by Gasteiger charge is 2.17. The maximum Gasteiger partial charge on any atom is 0.225 e. The van der Waals surface area contributed by atoms with E-state index >= 15 is 0 Å². The molecule has 0 aliphatic heterocycles. The van der Waals surface area contributed by atoms with E-state index in [-0.39, 0.29) is 18.6 Å². The summed E-state index contributed by atoms with van der Waals surface area (Å²) >= 11 is 0. The number of carbonyl (C=O) groups is 1. The summed E-state index contributed by atoms with van der Waals surface area (Å²) in [7, 11) is 0. The Balaban J connectivity index is 2.34. The molecule has 1 unspecified atom stereocenters. The van der Waals surface area contributed by atoms with Crippen LogP contribution in [-0.4, -0.2) is 17.7 Å². The molecule has 1 atom stereocenters. The molecule has 11 heavy (non-hydrogen) atoms. The zero-order valence-electron chi connectivity index (χ0n) is 6.42. The summed E-state index contributed by atoms with van der Waals surface area (Å²) in [5, 5.41) is 10.8. The van der Waals surface area contributed by atoms with Crippen LogP contribution in [0.15, 0.2) is 12.2 Å². The van der Waals surface area contributed by atoms with Crippen LogP contribution in [-0.2, 0) is 4.79 Å². The Morgan fingerprint density at radius 3 is 3.00 bits per heavy atom. The third-order valence-electron chi connectivity index (χ3n) is 1.89. The van der Waals surface area contributed by atoms with Gasteiger partial charge in [0.15, 0.2) is 0 Å². The van der Waals surface area contributed by atoms with Gasteiger partial charge in [0, 0.05) is 5.92 Å². The molecule has 0 aromatic rings. The number of nitrogens with one attached hydrogen (secondary N) is 1. The number of carbonyl (C=O) groups excluding carboxylic acids is 1. The smallest absolute Gasteiger partial charge is 0.225 e. The minimum atomic E-state index is -0.251. The summed E-state index contributed by atoms with van der Waals surface area (Å²) in [5.41, 5.74) is 0. The molecular formula is C8H13NO2. The molecule has 3 nitrogen and oxygen atoms in total. The molecule has 0 bridgehead atoms. The standard InChI is InChI=1S/C8H13NO2/c10-6-9-8(11)7-4-2-1-3-5-7/h1-2,7,10H,3-6H2,(H,9,11). The minimum absolute atomic E-state index is 0.0307. The lowest BCUT2D eigenvalue weighted by molar-refractivity contribution is -0.126. The fraction of sp³-hybridized carbons (Fsp3) is 0.625. The number of amides is 1. The van der Waals surface area contributed by atoms with Gasteiger partial charge in [-0.05, 0) is 19.3 Å². The maximum atomic E-state index is 11.1. The van der Waals surface area contributed by atoms with Crippen LogP contribution in [0.1, 0.15) is 19.3 Å². The Kier molecular flexibility index (Phi) is 3.11. The minimum Gasteiger partial charge on any atom is -0.377 e. The van der Waals surface area contributed by atoms with E-state index in [0.717, 1.165) is 19.3 Å². The van der Waals surface area contributed by atoms with Crippen molar-refractivity contribution < 1.29 is 9.90 Å². The Hall–Kier alpha value is -0.830. The quantitative estimate of drug-likeness (QED) is 0.448. The molecule has 0 aromatic carbocycles. The predicted molar refractivity (Wildman–Crippen MR) is 41.7 cm³/mol. The van der Waals surface area contributed by atoms with E-state index in [1.165, 1.54) is 0 Å². The molecule has 1 aliphatic carbocycles. The first-order valence-electron chi connectivity index (χ1n) is 3.88. The Morgan fingerprint density at radius 1 is 1.64 bits per heavy atom. The van der Waals surface area contributed by atoms with Crippen molar-refractivity contribution in [1.29, 1.82) is 0 Å². The number of hydrogen-bond donors (Lipinski definition) is 2. The molecule has 0 saturated carbocycles. The Bertz CT molecular complexity index is 165. The van der Waals surface area contributed by atoms with E-state index in [1.54, 1.807) is 0 Å². The molecule has 0 radical (unpaired) electrons. The molecule has 0 heterocycles. The zero-order valence-corrected chi connectivity index (χ0v) is 6.42. The van der Waals surface area contributed by atoms with E-state index in [1.807, 2.05) is 6.08 Å². The summed E-state index contributed by atoms with van der Waals surface area (Å²) in [6.45, 7) is -0.251. The first-order valence-corrected chi connectivity index (χ1v) is 3.88. The van der Waals surface area contributed by atoms with Gasteiger partial charge in [-0.2, -0.15) is 0 Å². The van der Waals surface area contributed by atoms with Crippen molar-refractivity contribution in [1.82, 2.24) is 5.32 Å². The molecule has 3 heteroatoms. The van der Waals surface area contributed by atoms with Crippen molar-refractivity contribution in [3.63, 3.8) is 0 Å². The summed E-state index contributed by atoms with van der Waals surface area (Å²) in [6.07, 6.45) is 6.80. The normalized spacial score (nSPS) is 23.2. The summed E-state index contributed by atoms with van der Waals surface area (Å²) in [4.78, 5) is 11.1. The summed E-state index contributed by atoms with van der Waals surface area (Å²) < 4.78 is 0. The van der Waals surface area contributed by atoms with E-state index in [2.05, 4.69) is 11.4 Å². The van der Waals surface area contributed by atoms with Crippen LogP contribution in [0.3, 0.4) is 0 Å². The van der Waals surface area contributed by atoms with Gasteiger partial charge in [0.1, 0.15) is 6.73 Å². The van der Waals surface area contributed by atoms with Gasteiger partial charge in [0.25, 0.3) is 0 Å². The van der Waals surface area contributed by atoms with Gasteiger partial charge < -0.3 is 10.4 Å². The van der Waals surface area contributed by atoms with Gasteiger partial charge >= 0.3 is 0 Å². The van der Waals surface area contributed by atoms with Crippen LogP contribution in [0.4, 0.5) is 0 Å². The molecule has 0 saturated heterocycles. The van der Waals surface area contributed by atoms with Crippen molar-refractivity contribution in [2.45, 2.75) is 19.3 Å². The number of aliphatic hydroxyl groups is 1. The average molecular weight is 155 g/mol. The van der Waals surface area contributed by atoms with Crippen molar-refractivity contribution in [3.05, 3.63) is 12.2 Å². The van der Waals surface area contributed by atoms with Crippen LogP contribution in [0.25, 0.3) is 0 Å². The summed E-state index contributed by atoms with van der Waals surface area (Å²) in [6, 6.07) is 0. The Labute approximate surface area is 66.1 Å². The van der Waals surface area contributed by atoms with Gasteiger partial charge in [-0.15, -0.1) is 0 Å². The second-order valence-corrected chi connectivity index (χ2v) is 2.68. The number of allylic oxidation sites excluding steroid dienone is 2. The molecular weight excluding hydrogens is 142 g/mol. The number of aliphatic hydroxyl groups excluding tert-OH is 1. The van der Waals surface area contributed by atoms with Crippen molar-refractivity contribution >= 4 is 5.91 Å². The van der Waals surface area contributed by atoms with Gasteiger partial charge in [0.05, 0.1) is 0 Å². The molecule has 1 amide bonds.